The highest BCUT2D eigenvalue weighted by Gasteiger charge is 2.33. The Bertz CT molecular complexity index is 420. The summed E-state index contributed by atoms with van der Waals surface area (Å²) in [6.45, 7) is 6.32. The molecule has 1 saturated heterocycles. The fourth-order valence-electron chi connectivity index (χ4n) is 1.44. The van der Waals surface area contributed by atoms with Crippen molar-refractivity contribution in [1.82, 2.24) is 4.90 Å². The molecule has 0 bridgehead atoms. The highest BCUT2D eigenvalue weighted by molar-refractivity contribution is 9.12. The molecule has 2 N–H and O–H groups in total. The van der Waals surface area contributed by atoms with Gasteiger partial charge in [0.15, 0.2) is 6.29 Å². The number of hydrogen-bond acceptors (Lipinski definition) is 5. The number of rotatable bonds is 3. The van der Waals surface area contributed by atoms with Crippen molar-refractivity contribution in [1.29, 1.82) is 0 Å². The molecule has 1 rings (SSSR count). The van der Waals surface area contributed by atoms with E-state index in [0.717, 1.165) is 0 Å². The van der Waals surface area contributed by atoms with Crippen molar-refractivity contribution >= 4 is 34.0 Å². The van der Waals surface area contributed by atoms with Crippen LogP contribution in [0.2, 0.25) is 0 Å². The van der Waals surface area contributed by atoms with Gasteiger partial charge in [0, 0.05) is 19.3 Å². The van der Waals surface area contributed by atoms with Gasteiger partial charge in [0.1, 0.15) is 11.3 Å². The lowest BCUT2D eigenvalue weighted by atomic mass is 10.1. The lowest BCUT2D eigenvalue weighted by molar-refractivity contribution is -0.102. The Hall–Kier alpha value is -1.37. The number of nitrogens with zero attached hydrogens (tertiary/aromatic N) is 2. The van der Waals surface area contributed by atoms with Crippen molar-refractivity contribution in [2.45, 2.75) is 32.4 Å². The molecule has 0 aromatic heterocycles. The summed E-state index contributed by atoms with van der Waals surface area (Å²) in [7, 11) is 0. The van der Waals surface area contributed by atoms with Crippen molar-refractivity contribution in [3.63, 3.8) is 0 Å². The lowest BCUT2D eigenvalue weighted by Gasteiger charge is -2.37. The number of carbonyl (C=O) groups excluding carboxylic acids is 2. The molecule has 0 radical (unpaired) electrons. The molecule has 0 aliphatic carbocycles. The van der Waals surface area contributed by atoms with Gasteiger partial charge >= 0.3 is 6.09 Å². The van der Waals surface area contributed by atoms with Crippen LogP contribution in [0.1, 0.15) is 20.8 Å². The van der Waals surface area contributed by atoms with E-state index < -0.39 is 5.60 Å². The maximum absolute atomic E-state index is 11.7. The van der Waals surface area contributed by atoms with Crippen LogP contribution < -0.4 is 5.73 Å². The number of allylic oxidation sites excluding steroid dienone is 1. The molecule has 19 heavy (non-hydrogen) atoms. The second-order valence-electron chi connectivity index (χ2n) is 5.19. The highest BCUT2D eigenvalue weighted by Crippen LogP contribution is 2.18. The normalized spacial score (nSPS) is 18.0. The topological polar surface area (TPSA) is 85.0 Å². The molecule has 1 aliphatic heterocycles. The average molecular weight is 332 g/mol. The minimum atomic E-state index is -0.509. The minimum Gasteiger partial charge on any atom is -0.444 e. The lowest BCUT2D eigenvalue weighted by Crippen LogP contribution is -2.54. The van der Waals surface area contributed by atoms with Gasteiger partial charge in [-0.2, -0.15) is 0 Å². The number of aldehydes is 1. The molecule has 0 aromatic carbocycles. The van der Waals surface area contributed by atoms with E-state index in [1.54, 1.807) is 4.90 Å². The van der Waals surface area contributed by atoms with Crippen LogP contribution in [0.25, 0.3) is 0 Å². The Morgan fingerprint density at radius 1 is 1.47 bits per heavy atom. The Kier molecular flexibility index (Phi) is 5.11. The van der Waals surface area contributed by atoms with Gasteiger partial charge in [-0.1, -0.05) is 0 Å². The largest absolute Gasteiger partial charge is 0.444 e. The standard InChI is InChI=1S/C12H18BrN3O3/c1-12(2,3)19-11(18)16-5-8(6-16)15-10(7-17)9(13)4-14/h4,7-8H,5-6,14H2,1-3H3/b9-4+,15-10?. The predicted molar refractivity (Wildman–Crippen MR) is 76.3 cm³/mol. The maximum Gasteiger partial charge on any atom is 0.410 e. The molecule has 6 nitrogen and oxygen atoms in total. The van der Waals surface area contributed by atoms with Crippen LogP contribution in [0.15, 0.2) is 15.7 Å². The van der Waals surface area contributed by atoms with Gasteiger partial charge in [-0.15, -0.1) is 0 Å². The summed E-state index contributed by atoms with van der Waals surface area (Å²) in [6.07, 6.45) is 1.53. The third-order valence-corrected chi connectivity index (χ3v) is 3.01. The summed E-state index contributed by atoms with van der Waals surface area (Å²) in [6, 6.07) is -0.0970. The Morgan fingerprint density at radius 2 is 2.05 bits per heavy atom. The molecule has 0 aromatic rings. The molecule has 0 spiro atoms. The first-order chi connectivity index (χ1) is 8.76. The fraction of sp³-hybridized carbons (Fsp3) is 0.583. The van der Waals surface area contributed by atoms with Gasteiger partial charge in [0.2, 0.25) is 0 Å². The molecule has 1 amide bonds. The summed E-state index contributed by atoms with van der Waals surface area (Å²) < 4.78 is 5.66. The fourth-order valence-corrected chi connectivity index (χ4v) is 1.64. The number of hydrogen-bond donors (Lipinski definition) is 1. The first-order valence-electron chi connectivity index (χ1n) is 5.85. The zero-order chi connectivity index (χ0) is 14.6. The van der Waals surface area contributed by atoms with E-state index >= 15 is 0 Å². The number of likely N-dealkylation sites (tertiary alicyclic amines) is 1. The Morgan fingerprint density at radius 3 is 2.47 bits per heavy atom. The van der Waals surface area contributed by atoms with Crippen molar-refractivity contribution in [2.75, 3.05) is 13.1 Å². The van der Waals surface area contributed by atoms with Crippen LogP contribution in [-0.2, 0) is 9.53 Å². The number of amides is 1. The summed E-state index contributed by atoms with van der Waals surface area (Å²) in [4.78, 5) is 28.2. The van der Waals surface area contributed by atoms with Crippen molar-refractivity contribution in [3.8, 4) is 0 Å². The van der Waals surface area contributed by atoms with Gasteiger partial charge in [0.05, 0.1) is 10.5 Å². The zero-order valence-corrected chi connectivity index (χ0v) is 12.8. The molecule has 1 heterocycles. The molecule has 0 saturated carbocycles. The Balaban J connectivity index is 2.52. The van der Waals surface area contributed by atoms with Crippen LogP contribution >= 0.6 is 15.9 Å². The number of carbonyl (C=O) groups is 2. The molecule has 106 valence electrons. The van der Waals surface area contributed by atoms with Crippen LogP contribution in [0.5, 0.6) is 0 Å². The molecule has 0 unspecified atom stereocenters. The second kappa shape index (κ2) is 6.18. The summed E-state index contributed by atoms with van der Waals surface area (Å²) in [5.74, 6) is 0. The van der Waals surface area contributed by atoms with E-state index in [1.165, 1.54) is 6.20 Å². The quantitative estimate of drug-likeness (QED) is 0.626. The summed E-state index contributed by atoms with van der Waals surface area (Å²) in [5, 5.41) is 0. The minimum absolute atomic E-state index is 0.0970. The van der Waals surface area contributed by atoms with E-state index in [0.29, 0.717) is 23.9 Å². The van der Waals surface area contributed by atoms with Crippen LogP contribution in [-0.4, -0.2) is 47.7 Å². The SMILES string of the molecule is CC(C)(C)OC(=O)N1CC(N=C(C=O)/C(Br)=C\N)C1. The van der Waals surface area contributed by atoms with Gasteiger partial charge in [-0.05, 0) is 36.7 Å². The van der Waals surface area contributed by atoms with Crippen molar-refractivity contribution < 1.29 is 14.3 Å². The van der Waals surface area contributed by atoms with E-state index in [9.17, 15) is 9.59 Å². The van der Waals surface area contributed by atoms with Gasteiger partial charge in [0.25, 0.3) is 0 Å². The maximum atomic E-state index is 11.7. The number of aliphatic imine (C=N–C) groups is 1. The van der Waals surface area contributed by atoms with Gasteiger partial charge < -0.3 is 15.4 Å². The highest BCUT2D eigenvalue weighted by atomic mass is 79.9. The van der Waals surface area contributed by atoms with Gasteiger partial charge in [-0.3, -0.25) is 9.79 Å². The van der Waals surface area contributed by atoms with Gasteiger partial charge in [-0.25, -0.2) is 4.79 Å². The molecule has 1 aliphatic rings. The van der Waals surface area contributed by atoms with Crippen LogP contribution in [0.4, 0.5) is 4.79 Å². The van der Waals surface area contributed by atoms with Crippen LogP contribution in [0.3, 0.4) is 0 Å². The molecular formula is C12H18BrN3O3. The Labute approximate surface area is 120 Å². The van der Waals surface area contributed by atoms with Crippen molar-refractivity contribution in [2.24, 2.45) is 10.7 Å². The molecule has 0 atom stereocenters. The first-order valence-corrected chi connectivity index (χ1v) is 6.65. The number of ether oxygens (including phenoxy) is 1. The monoisotopic (exact) mass is 331 g/mol. The zero-order valence-electron chi connectivity index (χ0n) is 11.2. The first kappa shape index (κ1) is 15.7. The third kappa shape index (κ3) is 4.66. The van der Waals surface area contributed by atoms with Crippen LogP contribution in [0, 0.1) is 0 Å². The average Bonchev–Trinajstić information content (AvgIpc) is 2.24. The third-order valence-electron chi connectivity index (χ3n) is 2.34. The van der Waals surface area contributed by atoms with E-state index in [-0.39, 0.29) is 17.8 Å². The molecular weight excluding hydrogens is 314 g/mol. The second-order valence-corrected chi connectivity index (χ2v) is 6.04. The predicted octanol–water partition coefficient (Wildman–Crippen LogP) is 1.44. The summed E-state index contributed by atoms with van der Waals surface area (Å²) in [5.41, 5.74) is 5.03. The van der Waals surface area contributed by atoms with Crippen molar-refractivity contribution in [3.05, 3.63) is 10.7 Å². The van der Waals surface area contributed by atoms with E-state index in [2.05, 4.69) is 20.9 Å². The number of nitrogens with two attached hydrogens (primary N) is 1. The summed E-state index contributed by atoms with van der Waals surface area (Å²) >= 11 is 3.14. The van der Waals surface area contributed by atoms with E-state index in [4.69, 9.17) is 10.5 Å². The molecule has 7 heteroatoms. The van der Waals surface area contributed by atoms with E-state index in [1.807, 2.05) is 20.8 Å². The number of halogens is 1. The molecule has 1 fully saturated rings. The smallest absolute Gasteiger partial charge is 0.410 e.